The molecular formula is C47H57N3O2Si2Zn. The summed E-state index contributed by atoms with van der Waals surface area (Å²) in [7, 11) is -2.21. The van der Waals surface area contributed by atoms with E-state index in [1.165, 1.54) is 19.3 Å². The predicted molar refractivity (Wildman–Crippen MR) is 229 cm³/mol. The molecule has 0 aliphatic heterocycles. The standard InChI is InChI=1S/C41H40N2O2.C6H18NSi2.Zn/c1-30-26-31(28-43(35-22-12-5-13-23-35)29-39-42-37-24-14-15-25-38(37)45-39)40(44)36(27-30)41(32-16-6-2-7-17-32,33-18-8-3-9-19-33)34-20-10-4-11-21-34;1-8(2,3)7-9(4,5)6;/h2-4,6-11,14-21,24-27,35,44H,5,12-13,22-23,28-29H2,1H3;1-6H3;/q;-1;+2/p-1. The predicted octanol–water partition coefficient (Wildman–Crippen LogP) is 12.0. The van der Waals surface area contributed by atoms with E-state index in [9.17, 15) is 0 Å². The van der Waals surface area contributed by atoms with E-state index in [2.05, 4.69) is 136 Å². The van der Waals surface area contributed by atoms with Crippen LogP contribution in [-0.2, 0) is 38.0 Å². The Morgan fingerprint density at radius 3 is 1.65 bits per heavy atom. The summed E-state index contributed by atoms with van der Waals surface area (Å²) in [4.78, 5) is 7.26. The summed E-state index contributed by atoms with van der Waals surface area (Å²) in [6.07, 6.45) is 5.92. The number of rotatable bonds is 11. The molecule has 8 heteroatoms. The maximum Gasteiger partial charge on any atom is 2.00 e. The van der Waals surface area contributed by atoms with E-state index in [0.29, 0.717) is 25.0 Å². The van der Waals surface area contributed by atoms with Crippen molar-refractivity contribution in [1.82, 2.24) is 9.88 Å². The van der Waals surface area contributed by atoms with Crippen LogP contribution in [0.3, 0.4) is 0 Å². The molecule has 1 aliphatic rings. The first-order valence-corrected chi connectivity index (χ1v) is 26.5. The van der Waals surface area contributed by atoms with Gasteiger partial charge in [0.1, 0.15) is 5.52 Å². The third-order valence-corrected chi connectivity index (χ3v) is 15.5. The maximum absolute atomic E-state index is 15.0. The number of aromatic nitrogens is 1. The van der Waals surface area contributed by atoms with E-state index in [0.717, 1.165) is 57.3 Å². The molecule has 0 amide bonds. The van der Waals surface area contributed by atoms with Crippen LogP contribution >= 0.6 is 0 Å². The summed E-state index contributed by atoms with van der Waals surface area (Å²) in [6.45, 7) is 17.0. The number of oxazole rings is 1. The number of nitrogens with zero attached hydrogens (tertiary/aromatic N) is 3. The molecule has 1 aliphatic carbocycles. The van der Waals surface area contributed by atoms with Crippen LogP contribution in [-0.4, -0.2) is 32.4 Å². The van der Waals surface area contributed by atoms with E-state index in [1.807, 2.05) is 42.5 Å². The van der Waals surface area contributed by atoms with E-state index in [-0.39, 0.29) is 25.2 Å². The molecule has 7 rings (SSSR count). The van der Waals surface area contributed by atoms with Gasteiger partial charge < -0.3 is 14.2 Å². The molecule has 1 heterocycles. The second-order valence-corrected chi connectivity index (χ2v) is 26.5. The van der Waals surface area contributed by atoms with Crippen LogP contribution in [0.25, 0.3) is 15.7 Å². The molecule has 0 N–H and O–H groups in total. The van der Waals surface area contributed by atoms with Gasteiger partial charge in [-0.1, -0.05) is 202 Å². The molecule has 0 atom stereocenters. The number of hydrogen-bond acceptors (Lipinski definition) is 4. The number of para-hydroxylation sites is 2. The third-order valence-electron chi connectivity index (χ3n) is 10.1. The van der Waals surface area contributed by atoms with Crippen LogP contribution in [0.2, 0.25) is 39.3 Å². The second kappa shape index (κ2) is 18.5. The number of fused-ring (bicyclic) bond motifs is 1. The first-order chi connectivity index (χ1) is 25.8. The minimum absolute atomic E-state index is 0. The second-order valence-electron chi connectivity index (χ2n) is 16.9. The van der Waals surface area contributed by atoms with Crippen LogP contribution in [0.15, 0.2) is 132 Å². The molecule has 0 radical (unpaired) electrons. The van der Waals surface area contributed by atoms with Crippen LogP contribution in [0, 0.1) is 6.92 Å². The largest absolute Gasteiger partial charge is 2.00 e. The summed E-state index contributed by atoms with van der Waals surface area (Å²) < 4.78 is 11.0. The van der Waals surface area contributed by atoms with Crippen molar-refractivity contribution in [2.75, 3.05) is 0 Å². The Morgan fingerprint density at radius 2 is 1.18 bits per heavy atom. The molecule has 6 aromatic rings. The molecule has 5 aromatic carbocycles. The normalized spacial score (nSPS) is 14.0. The Balaban J connectivity index is 0.000000519. The zero-order chi connectivity index (χ0) is 38.3. The van der Waals surface area contributed by atoms with Crippen LogP contribution < -0.4 is 5.11 Å². The van der Waals surface area contributed by atoms with E-state index >= 15 is 5.11 Å². The molecule has 1 saturated carbocycles. The fraction of sp³-hybridized carbons (Fsp3) is 0.340. The van der Waals surface area contributed by atoms with Crippen LogP contribution in [0.5, 0.6) is 5.75 Å². The minimum atomic E-state index is -1.11. The van der Waals surface area contributed by atoms with E-state index < -0.39 is 21.9 Å². The Bertz CT molecular complexity index is 1950. The fourth-order valence-corrected chi connectivity index (χ4v) is 16.5. The van der Waals surface area contributed by atoms with Gasteiger partial charge in [-0.05, 0) is 59.7 Å². The topological polar surface area (TPSA) is 66.4 Å². The molecule has 1 fully saturated rings. The van der Waals surface area contributed by atoms with Gasteiger partial charge in [0, 0.05) is 12.6 Å². The average molecular weight is 818 g/mol. The van der Waals surface area contributed by atoms with Crippen molar-refractivity contribution < 1.29 is 29.0 Å². The molecule has 282 valence electrons. The van der Waals surface area contributed by atoms with Gasteiger partial charge in [0.05, 0.1) is 12.0 Å². The van der Waals surface area contributed by atoms with Crippen molar-refractivity contribution in [1.29, 1.82) is 0 Å². The summed E-state index contributed by atoms with van der Waals surface area (Å²) in [6, 6.07) is 44.0. The van der Waals surface area contributed by atoms with Gasteiger partial charge in [-0.15, -0.1) is 0 Å². The summed E-state index contributed by atoms with van der Waals surface area (Å²) in [5.41, 5.74) is 6.80. The minimum Gasteiger partial charge on any atom is -0.872 e. The average Bonchev–Trinajstić information content (AvgIpc) is 3.56. The summed E-state index contributed by atoms with van der Waals surface area (Å²) >= 11 is 0. The van der Waals surface area contributed by atoms with Gasteiger partial charge in [-0.25, -0.2) is 4.98 Å². The van der Waals surface area contributed by atoms with Crippen molar-refractivity contribution in [3.63, 3.8) is 0 Å². The number of aryl methyl sites for hydroxylation is 1. The molecule has 5 nitrogen and oxygen atoms in total. The number of hydrogen-bond donors (Lipinski definition) is 0. The van der Waals surface area contributed by atoms with Crippen molar-refractivity contribution in [3.8, 4) is 5.75 Å². The number of benzene rings is 5. The molecule has 0 unspecified atom stereocenters. The first-order valence-electron chi connectivity index (χ1n) is 19.6. The zero-order valence-electron chi connectivity index (χ0n) is 34.0. The maximum atomic E-state index is 15.0. The molecular weight excluding hydrogens is 760 g/mol. The van der Waals surface area contributed by atoms with Gasteiger partial charge >= 0.3 is 19.5 Å². The third kappa shape index (κ3) is 10.6. The Hall–Kier alpha value is -3.65. The van der Waals surface area contributed by atoms with E-state index in [1.54, 1.807) is 0 Å². The quantitative estimate of drug-likeness (QED) is 0.0965. The first kappa shape index (κ1) is 42.5. The Morgan fingerprint density at radius 1 is 0.691 bits per heavy atom. The molecule has 0 bridgehead atoms. The molecule has 0 spiro atoms. The molecule has 1 aromatic heterocycles. The van der Waals surface area contributed by atoms with Gasteiger partial charge in [0.25, 0.3) is 0 Å². The summed E-state index contributed by atoms with van der Waals surface area (Å²) in [5, 5.41) is 15.0. The molecule has 55 heavy (non-hydrogen) atoms. The Labute approximate surface area is 344 Å². The van der Waals surface area contributed by atoms with Crippen molar-refractivity contribution in [3.05, 3.63) is 171 Å². The van der Waals surface area contributed by atoms with Crippen molar-refractivity contribution in [2.24, 2.45) is 0 Å². The van der Waals surface area contributed by atoms with Crippen molar-refractivity contribution in [2.45, 2.75) is 103 Å². The van der Waals surface area contributed by atoms with Gasteiger partial charge in [0.15, 0.2) is 5.58 Å². The monoisotopic (exact) mass is 815 g/mol. The van der Waals surface area contributed by atoms with Crippen molar-refractivity contribution >= 4 is 27.6 Å². The SMILES string of the molecule is C[Si](C)(C)[N-][Si](C)(C)C.Cc1cc(CN(Cc2nc3ccccc3o2)C2CCCCC2)c([O-])c(C(c2ccccc2)(c2ccccc2)c2ccccc2)c1.[Zn+2]. The Kier molecular flexibility index (Phi) is 14.3. The van der Waals surface area contributed by atoms with Crippen LogP contribution in [0.4, 0.5) is 0 Å². The smallest absolute Gasteiger partial charge is 0.872 e. The fourth-order valence-electron chi connectivity index (χ4n) is 8.42. The van der Waals surface area contributed by atoms with Crippen LogP contribution in [0.1, 0.15) is 71.4 Å². The summed E-state index contributed by atoms with van der Waals surface area (Å²) in [5.74, 6) is 0.796. The van der Waals surface area contributed by atoms with Gasteiger partial charge in [-0.3, -0.25) is 4.90 Å². The van der Waals surface area contributed by atoms with E-state index in [4.69, 9.17) is 14.0 Å². The zero-order valence-corrected chi connectivity index (χ0v) is 39.0. The molecule has 0 saturated heterocycles. The van der Waals surface area contributed by atoms with Gasteiger partial charge in [0.2, 0.25) is 5.89 Å². The van der Waals surface area contributed by atoms with Gasteiger partial charge in [-0.2, -0.15) is 0 Å².